The highest BCUT2D eigenvalue weighted by atomic mass is 32.1. The minimum atomic E-state index is 0.118. The number of thiazole rings is 1. The van der Waals surface area contributed by atoms with Gasteiger partial charge in [0.15, 0.2) is 0 Å². The van der Waals surface area contributed by atoms with E-state index < -0.39 is 0 Å². The zero-order chi connectivity index (χ0) is 17.1. The molecule has 8 heteroatoms. The van der Waals surface area contributed by atoms with Gasteiger partial charge in [-0.15, -0.1) is 11.3 Å². The molecule has 0 unspecified atom stereocenters. The highest BCUT2D eigenvalue weighted by Crippen LogP contribution is 2.20. The Hall–Kier alpha value is -1.80. The molecule has 0 aliphatic carbocycles. The number of carbonyl (C=O) groups excluding carboxylic acids is 1. The summed E-state index contributed by atoms with van der Waals surface area (Å²) in [5.41, 5.74) is 0.845. The summed E-state index contributed by atoms with van der Waals surface area (Å²) in [7, 11) is 0. The summed E-state index contributed by atoms with van der Waals surface area (Å²) in [6, 6.07) is 0. The van der Waals surface area contributed by atoms with Crippen LogP contribution in [0.25, 0.3) is 0 Å². The molecule has 24 heavy (non-hydrogen) atoms. The summed E-state index contributed by atoms with van der Waals surface area (Å²) < 4.78 is 0. The molecule has 1 aliphatic rings. The third kappa shape index (κ3) is 3.81. The Labute approximate surface area is 146 Å². The molecule has 0 radical (unpaired) electrons. The fraction of sp³-hybridized carbons (Fsp3) is 0.625. The van der Waals surface area contributed by atoms with Crippen LogP contribution in [0.1, 0.15) is 45.4 Å². The van der Waals surface area contributed by atoms with Crippen LogP contribution in [0.3, 0.4) is 0 Å². The quantitative estimate of drug-likeness (QED) is 0.911. The number of rotatable bonds is 4. The Balaban J connectivity index is 1.60. The minimum absolute atomic E-state index is 0.118. The molecule has 7 nitrogen and oxygen atoms in total. The number of amides is 1. The Bertz CT molecular complexity index is 709. The highest BCUT2D eigenvalue weighted by molar-refractivity contribution is 7.13. The van der Waals surface area contributed by atoms with Gasteiger partial charge in [-0.2, -0.15) is 5.10 Å². The van der Waals surface area contributed by atoms with Gasteiger partial charge in [-0.3, -0.25) is 14.8 Å². The van der Waals surface area contributed by atoms with Gasteiger partial charge in [-0.05, 0) is 20.3 Å². The second-order valence-corrected chi connectivity index (χ2v) is 7.32. The number of aromatic amines is 1. The lowest BCUT2D eigenvalue weighted by Gasteiger charge is -2.21. The van der Waals surface area contributed by atoms with Crippen LogP contribution in [-0.2, 0) is 13.0 Å². The Morgan fingerprint density at radius 1 is 1.21 bits per heavy atom. The molecule has 3 heterocycles. The van der Waals surface area contributed by atoms with Crippen molar-refractivity contribution in [2.75, 3.05) is 26.2 Å². The second kappa shape index (κ2) is 7.40. The van der Waals surface area contributed by atoms with Crippen LogP contribution in [-0.4, -0.2) is 62.1 Å². The van der Waals surface area contributed by atoms with Gasteiger partial charge in [-0.1, -0.05) is 6.92 Å². The summed E-state index contributed by atoms with van der Waals surface area (Å²) in [4.78, 5) is 26.7. The number of hydrogen-bond donors (Lipinski definition) is 1. The molecule has 2 aromatic rings. The summed E-state index contributed by atoms with van der Waals surface area (Å²) in [6.45, 7) is 10.0. The summed E-state index contributed by atoms with van der Waals surface area (Å²) in [6.07, 6.45) is 1.81. The van der Waals surface area contributed by atoms with E-state index in [0.717, 1.165) is 72.8 Å². The molecule has 1 N–H and O–H groups in total. The first kappa shape index (κ1) is 17.0. The first-order valence-corrected chi connectivity index (χ1v) is 9.24. The van der Waals surface area contributed by atoms with Crippen molar-refractivity contribution in [1.82, 2.24) is 30.0 Å². The van der Waals surface area contributed by atoms with Crippen molar-refractivity contribution in [3.8, 4) is 0 Å². The molecule has 1 aliphatic heterocycles. The lowest BCUT2D eigenvalue weighted by molar-refractivity contribution is 0.0765. The minimum Gasteiger partial charge on any atom is -0.337 e. The van der Waals surface area contributed by atoms with Crippen LogP contribution in [0.2, 0.25) is 0 Å². The van der Waals surface area contributed by atoms with Gasteiger partial charge in [0.1, 0.15) is 16.5 Å². The zero-order valence-corrected chi connectivity index (χ0v) is 15.3. The maximum Gasteiger partial charge on any atom is 0.265 e. The molecule has 0 spiro atoms. The largest absolute Gasteiger partial charge is 0.337 e. The lowest BCUT2D eigenvalue weighted by Crippen LogP contribution is -2.35. The predicted molar refractivity (Wildman–Crippen MR) is 93.1 cm³/mol. The van der Waals surface area contributed by atoms with E-state index in [9.17, 15) is 4.79 Å². The SMILES string of the molecule is CCc1n[nH]c(CN2CCCN(C(=O)c3sc(C)nc3C)CC2)n1. The monoisotopic (exact) mass is 348 g/mol. The number of aryl methyl sites for hydroxylation is 3. The molecule has 0 aromatic carbocycles. The molecule has 1 saturated heterocycles. The van der Waals surface area contributed by atoms with Crippen molar-refractivity contribution in [1.29, 1.82) is 0 Å². The van der Waals surface area contributed by atoms with Crippen molar-refractivity contribution in [2.45, 2.75) is 40.2 Å². The van der Waals surface area contributed by atoms with Gasteiger partial charge in [0.25, 0.3) is 5.91 Å². The zero-order valence-electron chi connectivity index (χ0n) is 14.5. The van der Waals surface area contributed by atoms with Crippen LogP contribution < -0.4 is 0 Å². The van der Waals surface area contributed by atoms with Crippen molar-refractivity contribution >= 4 is 17.2 Å². The molecule has 0 bridgehead atoms. The summed E-state index contributed by atoms with van der Waals surface area (Å²) in [5, 5.41) is 8.14. The van der Waals surface area contributed by atoms with Crippen LogP contribution in [0.15, 0.2) is 0 Å². The van der Waals surface area contributed by atoms with Crippen LogP contribution in [0, 0.1) is 13.8 Å². The average Bonchev–Trinajstić information content (AvgIpc) is 3.06. The smallest absolute Gasteiger partial charge is 0.265 e. The van der Waals surface area contributed by atoms with Gasteiger partial charge in [0, 0.05) is 32.6 Å². The first-order chi connectivity index (χ1) is 11.6. The molecule has 1 amide bonds. The number of aromatic nitrogens is 4. The number of nitrogens with zero attached hydrogens (tertiary/aromatic N) is 5. The van der Waals surface area contributed by atoms with Crippen LogP contribution in [0.5, 0.6) is 0 Å². The van der Waals surface area contributed by atoms with Gasteiger partial charge >= 0.3 is 0 Å². The lowest BCUT2D eigenvalue weighted by atomic mass is 10.3. The van der Waals surface area contributed by atoms with E-state index in [1.165, 1.54) is 11.3 Å². The predicted octanol–water partition coefficient (Wildman–Crippen LogP) is 1.79. The van der Waals surface area contributed by atoms with Gasteiger partial charge in [0.05, 0.1) is 17.2 Å². The van der Waals surface area contributed by atoms with Crippen molar-refractivity contribution in [3.63, 3.8) is 0 Å². The van der Waals surface area contributed by atoms with Crippen molar-refractivity contribution < 1.29 is 4.79 Å². The molecule has 3 rings (SSSR count). The van der Waals surface area contributed by atoms with E-state index in [4.69, 9.17) is 0 Å². The molecule has 0 saturated carbocycles. The van der Waals surface area contributed by atoms with E-state index in [1.807, 2.05) is 25.7 Å². The fourth-order valence-corrected chi connectivity index (χ4v) is 3.87. The first-order valence-electron chi connectivity index (χ1n) is 8.42. The fourth-order valence-electron chi connectivity index (χ4n) is 2.98. The molecule has 1 fully saturated rings. The molecular formula is C16H24N6OS. The van der Waals surface area contributed by atoms with Crippen LogP contribution >= 0.6 is 11.3 Å². The maximum absolute atomic E-state index is 12.7. The summed E-state index contributed by atoms with van der Waals surface area (Å²) >= 11 is 1.49. The standard InChI is InChI=1S/C16H24N6OS/c1-4-13-18-14(20-19-13)10-21-6-5-7-22(9-8-21)16(23)15-11(2)17-12(3)24-15/h4-10H2,1-3H3,(H,18,19,20). The number of nitrogens with one attached hydrogen (secondary N) is 1. The number of hydrogen-bond acceptors (Lipinski definition) is 6. The molecular weight excluding hydrogens is 324 g/mol. The van der Waals surface area contributed by atoms with Gasteiger partial charge in [-0.25, -0.2) is 9.97 Å². The number of carbonyl (C=O) groups is 1. The Morgan fingerprint density at radius 2 is 2.04 bits per heavy atom. The molecule has 130 valence electrons. The third-order valence-electron chi connectivity index (χ3n) is 4.24. The van der Waals surface area contributed by atoms with E-state index in [1.54, 1.807) is 0 Å². The molecule has 2 aromatic heterocycles. The van der Waals surface area contributed by atoms with Crippen molar-refractivity contribution in [3.05, 3.63) is 27.2 Å². The topological polar surface area (TPSA) is 78.0 Å². The van der Waals surface area contributed by atoms with E-state index in [0.29, 0.717) is 0 Å². The van der Waals surface area contributed by atoms with Crippen molar-refractivity contribution in [2.24, 2.45) is 0 Å². The average molecular weight is 348 g/mol. The Morgan fingerprint density at radius 3 is 2.71 bits per heavy atom. The van der Waals surface area contributed by atoms with E-state index in [2.05, 4.69) is 25.1 Å². The summed E-state index contributed by atoms with van der Waals surface area (Å²) in [5.74, 6) is 1.88. The second-order valence-electron chi connectivity index (χ2n) is 6.12. The normalized spacial score (nSPS) is 16.4. The third-order valence-corrected chi connectivity index (χ3v) is 5.30. The van der Waals surface area contributed by atoms with Gasteiger partial charge in [0.2, 0.25) is 0 Å². The Kier molecular flexibility index (Phi) is 5.25. The van der Waals surface area contributed by atoms with E-state index >= 15 is 0 Å². The number of H-pyrrole nitrogens is 1. The van der Waals surface area contributed by atoms with E-state index in [-0.39, 0.29) is 5.91 Å². The maximum atomic E-state index is 12.7. The van der Waals surface area contributed by atoms with Crippen LogP contribution in [0.4, 0.5) is 0 Å². The highest BCUT2D eigenvalue weighted by Gasteiger charge is 2.23. The van der Waals surface area contributed by atoms with Gasteiger partial charge < -0.3 is 4.90 Å². The molecule has 0 atom stereocenters.